The molecule has 0 saturated carbocycles. The summed E-state index contributed by atoms with van der Waals surface area (Å²) in [7, 11) is 1.82. The normalized spacial score (nSPS) is 10.7. The van der Waals surface area contributed by atoms with Gasteiger partial charge in [-0.15, -0.1) is 21.5 Å². The maximum atomic E-state index is 12.4. The van der Waals surface area contributed by atoms with Crippen molar-refractivity contribution in [1.82, 2.24) is 15.1 Å². The largest absolute Gasteiger partial charge is 0.494 e. The number of nitrogens with one attached hydrogen (secondary N) is 1. The predicted molar refractivity (Wildman–Crippen MR) is 121 cm³/mol. The van der Waals surface area contributed by atoms with Gasteiger partial charge in [0.25, 0.3) is 0 Å². The fourth-order valence-corrected chi connectivity index (χ4v) is 4.97. The summed E-state index contributed by atoms with van der Waals surface area (Å²) >= 11 is 4.66. The van der Waals surface area contributed by atoms with E-state index < -0.39 is 0 Å². The number of carbonyl (C=O) groups is 1. The summed E-state index contributed by atoms with van der Waals surface area (Å²) in [5.74, 6) is 1.25. The Morgan fingerprint density at radius 2 is 2.07 bits per heavy atom. The molecule has 0 fully saturated rings. The van der Waals surface area contributed by atoms with Gasteiger partial charge in [0.05, 0.1) is 12.4 Å². The minimum atomic E-state index is 0.0614. The lowest BCUT2D eigenvalue weighted by Gasteiger charge is -2.17. The summed E-state index contributed by atoms with van der Waals surface area (Å²) in [6.45, 7) is 3.99. The van der Waals surface area contributed by atoms with Crippen molar-refractivity contribution in [3.63, 3.8) is 0 Å². The molecule has 1 N–H and O–H groups in total. The van der Waals surface area contributed by atoms with Gasteiger partial charge >= 0.3 is 0 Å². The van der Waals surface area contributed by atoms with E-state index in [9.17, 15) is 4.79 Å². The lowest BCUT2D eigenvalue weighted by Crippen LogP contribution is -2.27. The van der Waals surface area contributed by atoms with Gasteiger partial charge in [-0.25, -0.2) is 0 Å². The van der Waals surface area contributed by atoms with E-state index in [0.717, 1.165) is 33.7 Å². The molecule has 0 unspecified atom stereocenters. The zero-order valence-corrected chi connectivity index (χ0v) is 18.9. The van der Waals surface area contributed by atoms with Gasteiger partial charge in [-0.1, -0.05) is 41.3 Å². The third-order valence-corrected chi connectivity index (χ3v) is 6.97. The molecule has 3 rings (SSSR count). The van der Waals surface area contributed by atoms with E-state index >= 15 is 0 Å². The molecule has 6 nitrogen and oxygen atoms in total. The highest BCUT2D eigenvalue weighted by Crippen LogP contribution is 2.26. The molecule has 0 aliphatic carbocycles. The van der Waals surface area contributed by atoms with E-state index in [1.165, 1.54) is 28.0 Å². The number of thioether (sulfide) groups is 1. The monoisotopic (exact) mass is 448 g/mol. The SMILES string of the molecule is CCOc1ccc(CN(C)C(=O)CSc2nnc(NCCc3cccs3)s2)cc1. The Kier molecular flexibility index (Phi) is 8.33. The van der Waals surface area contributed by atoms with Gasteiger partial charge in [0.1, 0.15) is 5.75 Å². The van der Waals surface area contributed by atoms with Gasteiger partial charge in [-0.2, -0.15) is 0 Å². The van der Waals surface area contributed by atoms with E-state index in [-0.39, 0.29) is 5.91 Å². The summed E-state index contributed by atoms with van der Waals surface area (Å²) < 4.78 is 6.24. The molecule has 0 aliphatic rings. The average molecular weight is 449 g/mol. The lowest BCUT2D eigenvalue weighted by atomic mass is 10.2. The van der Waals surface area contributed by atoms with Crippen LogP contribution in [0.15, 0.2) is 46.1 Å². The summed E-state index contributed by atoms with van der Waals surface area (Å²) in [5.41, 5.74) is 1.07. The van der Waals surface area contributed by atoms with Crippen LogP contribution in [0.2, 0.25) is 0 Å². The van der Waals surface area contributed by atoms with Crippen LogP contribution in [-0.4, -0.2) is 47.0 Å². The second-order valence-corrected chi connectivity index (χ2v) is 9.48. The Morgan fingerprint density at radius 1 is 1.24 bits per heavy atom. The number of amides is 1. The van der Waals surface area contributed by atoms with E-state index in [1.807, 2.05) is 38.2 Å². The molecule has 2 aromatic heterocycles. The first-order valence-corrected chi connectivity index (χ1v) is 12.0. The standard InChI is InChI=1S/C20H24N4O2S3/c1-3-26-16-8-6-15(7-9-16)13-24(2)18(25)14-28-20-23-22-19(29-20)21-11-10-17-5-4-12-27-17/h4-9,12H,3,10-11,13-14H2,1-2H3,(H,21,22). The molecule has 0 radical (unpaired) electrons. The van der Waals surface area contributed by atoms with Crippen LogP contribution in [0.1, 0.15) is 17.4 Å². The molecule has 154 valence electrons. The Hall–Kier alpha value is -2.10. The third-order valence-electron chi connectivity index (χ3n) is 4.03. The molecule has 0 saturated heterocycles. The van der Waals surface area contributed by atoms with E-state index in [1.54, 1.807) is 16.2 Å². The molecule has 0 atom stereocenters. The highest BCUT2D eigenvalue weighted by Gasteiger charge is 2.12. The number of carbonyl (C=O) groups excluding carboxylic acids is 1. The second kappa shape index (κ2) is 11.2. The van der Waals surface area contributed by atoms with Crippen molar-refractivity contribution in [2.75, 3.05) is 31.3 Å². The van der Waals surface area contributed by atoms with Gasteiger partial charge in [-0.05, 0) is 42.5 Å². The number of anilines is 1. The van der Waals surface area contributed by atoms with Crippen molar-refractivity contribution in [2.45, 2.75) is 24.2 Å². The molecule has 0 bridgehead atoms. The molecule has 3 aromatic rings. The first-order chi connectivity index (χ1) is 14.1. The molecule has 29 heavy (non-hydrogen) atoms. The molecule has 0 aliphatic heterocycles. The van der Waals surface area contributed by atoms with Crippen LogP contribution in [0.25, 0.3) is 0 Å². The number of rotatable bonds is 11. The van der Waals surface area contributed by atoms with Crippen LogP contribution in [0, 0.1) is 0 Å². The quantitative estimate of drug-likeness (QED) is 0.439. The fourth-order valence-electron chi connectivity index (χ4n) is 2.54. The minimum Gasteiger partial charge on any atom is -0.494 e. The van der Waals surface area contributed by atoms with Crippen LogP contribution in [0.4, 0.5) is 5.13 Å². The maximum Gasteiger partial charge on any atom is 0.233 e. The summed E-state index contributed by atoms with van der Waals surface area (Å²) in [5, 5.41) is 14.5. The molecular formula is C20H24N4O2S3. The van der Waals surface area contributed by atoms with Crippen LogP contribution < -0.4 is 10.1 Å². The van der Waals surface area contributed by atoms with Crippen molar-refractivity contribution in [3.8, 4) is 5.75 Å². The number of aromatic nitrogens is 2. The van der Waals surface area contributed by atoms with Gasteiger partial charge in [0.15, 0.2) is 4.34 Å². The Balaban J connectivity index is 1.39. The number of thiophene rings is 1. The van der Waals surface area contributed by atoms with E-state index in [4.69, 9.17) is 4.74 Å². The number of ether oxygens (including phenoxy) is 1. The third kappa shape index (κ3) is 7.02. The smallest absolute Gasteiger partial charge is 0.233 e. The van der Waals surface area contributed by atoms with Crippen molar-refractivity contribution in [3.05, 3.63) is 52.2 Å². The topological polar surface area (TPSA) is 67.3 Å². The minimum absolute atomic E-state index is 0.0614. The van der Waals surface area contributed by atoms with Crippen molar-refractivity contribution < 1.29 is 9.53 Å². The molecule has 1 amide bonds. The number of hydrogen-bond acceptors (Lipinski definition) is 8. The van der Waals surface area contributed by atoms with Crippen LogP contribution in [0.5, 0.6) is 5.75 Å². The molecule has 0 spiro atoms. The summed E-state index contributed by atoms with van der Waals surface area (Å²) in [6, 6.07) is 12.0. The van der Waals surface area contributed by atoms with Gasteiger partial charge in [0, 0.05) is 25.0 Å². The zero-order valence-electron chi connectivity index (χ0n) is 16.5. The van der Waals surface area contributed by atoms with Crippen molar-refractivity contribution >= 4 is 45.5 Å². The number of nitrogens with zero attached hydrogens (tertiary/aromatic N) is 3. The predicted octanol–water partition coefficient (Wildman–Crippen LogP) is 4.40. The first kappa shape index (κ1) is 21.6. The van der Waals surface area contributed by atoms with Crippen LogP contribution >= 0.6 is 34.4 Å². The number of hydrogen-bond donors (Lipinski definition) is 1. The van der Waals surface area contributed by atoms with E-state index in [0.29, 0.717) is 18.9 Å². The van der Waals surface area contributed by atoms with Gasteiger partial charge in [0.2, 0.25) is 11.0 Å². The lowest BCUT2D eigenvalue weighted by molar-refractivity contribution is -0.127. The highest BCUT2D eigenvalue weighted by atomic mass is 32.2. The maximum absolute atomic E-state index is 12.4. The van der Waals surface area contributed by atoms with Gasteiger partial charge in [-0.3, -0.25) is 4.79 Å². The Bertz CT molecular complexity index is 882. The van der Waals surface area contributed by atoms with Crippen molar-refractivity contribution in [2.24, 2.45) is 0 Å². The molecule has 9 heteroatoms. The Morgan fingerprint density at radius 3 is 2.79 bits per heavy atom. The highest BCUT2D eigenvalue weighted by molar-refractivity contribution is 8.01. The Labute approximate surface area is 183 Å². The average Bonchev–Trinajstić information content (AvgIpc) is 3.40. The van der Waals surface area contributed by atoms with Crippen LogP contribution in [-0.2, 0) is 17.8 Å². The first-order valence-electron chi connectivity index (χ1n) is 9.32. The molecule has 2 heterocycles. The summed E-state index contributed by atoms with van der Waals surface area (Å²) in [6.07, 6.45) is 0.967. The van der Waals surface area contributed by atoms with Crippen LogP contribution in [0.3, 0.4) is 0 Å². The van der Waals surface area contributed by atoms with Crippen molar-refractivity contribution in [1.29, 1.82) is 0 Å². The fraction of sp³-hybridized carbons (Fsp3) is 0.350. The number of benzene rings is 1. The van der Waals surface area contributed by atoms with Gasteiger partial charge < -0.3 is 15.0 Å². The van der Waals surface area contributed by atoms with E-state index in [2.05, 4.69) is 33.0 Å². The second-order valence-electron chi connectivity index (χ2n) is 6.24. The zero-order chi connectivity index (χ0) is 20.5. The molecular weight excluding hydrogens is 424 g/mol. The molecule has 1 aromatic carbocycles. The summed E-state index contributed by atoms with van der Waals surface area (Å²) in [4.78, 5) is 15.5.